The predicted molar refractivity (Wildman–Crippen MR) is 85.9 cm³/mol. The second-order valence-electron chi connectivity index (χ2n) is 5.48. The van der Waals surface area contributed by atoms with Crippen LogP contribution in [-0.2, 0) is 0 Å². The molecule has 0 saturated heterocycles. The highest BCUT2D eigenvalue weighted by Crippen LogP contribution is 2.28. The molecule has 3 heteroatoms. The van der Waals surface area contributed by atoms with Crippen molar-refractivity contribution in [2.45, 2.75) is 52.5 Å². The second-order valence-corrected chi connectivity index (χ2v) is 5.48. The molecule has 114 valence electrons. The number of rotatable bonds is 9. The van der Waals surface area contributed by atoms with Crippen LogP contribution in [-0.4, -0.2) is 20.1 Å². The van der Waals surface area contributed by atoms with E-state index in [-0.39, 0.29) is 11.9 Å². The molecule has 20 heavy (non-hydrogen) atoms. The van der Waals surface area contributed by atoms with Crippen molar-refractivity contribution < 1.29 is 4.39 Å². The van der Waals surface area contributed by atoms with Crippen LogP contribution in [0.15, 0.2) is 18.2 Å². The lowest BCUT2D eigenvalue weighted by atomic mass is 10.0. The summed E-state index contributed by atoms with van der Waals surface area (Å²) < 4.78 is 14.2. The topological polar surface area (TPSA) is 15.3 Å². The van der Waals surface area contributed by atoms with Crippen LogP contribution in [0, 0.1) is 5.82 Å². The molecule has 1 rings (SSSR count). The van der Waals surface area contributed by atoms with Gasteiger partial charge in [0.05, 0.1) is 0 Å². The zero-order valence-corrected chi connectivity index (χ0v) is 13.4. The maximum atomic E-state index is 14.2. The average molecular weight is 280 g/mol. The Morgan fingerprint density at radius 3 is 2.60 bits per heavy atom. The molecule has 0 aromatic heterocycles. The lowest BCUT2D eigenvalue weighted by molar-refractivity contribution is 0.526. The largest absolute Gasteiger partial charge is 0.374 e. The van der Waals surface area contributed by atoms with E-state index in [0.717, 1.165) is 37.2 Å². The zero-order valence-electron chi connectivity index (χ0n) is 13.4. The molecule has 0 aliphatic carbocycles. The third-order valence-electron chi connectivity index (χ3n) is 3.67. The van der Waals surface area contributed by atoms with Gasteiger partial charge in [0.1, 0.15) is 5.82 Å². The number of anilines is 1. The summed E-state index contributed by atoms with van der Waals surface area (Å²) in [6.45, 7) is 8.25. The summed E-state index contributed by atoms with van der Waals surface area (Å²) in [6.07, 6.45) is 4.64. The van der Waals surface area contributed by atoms with Crippen molar-refractivity contribution in [1.29, 1.82) is 0 Å². The van der Waals surface area contributed by atoms with Gasteiger partial charge in [0.25, 0.3) is 0 Å². The zero-order chi connectivity index (χ0) is 15.0. The lowest BCUT2D eigenvalue weighted by Crippen LogP contribution is -2.25. The highest BCUT2D eigenvalue weighted by atomic mass is 19.1. The summed E-state index contributed by atoms with van der Waals surface area (Å²) in [5.41, 5.74) is 1.80. The molecule has 1 N–H and O–H groups in total. The Bertz CT molecular complexity index is 393. The van der Waals surface area contributed by atoms with E-state index in [1.165, 1.54) is 12.8 Å². The maximum absolute atomic E-state index is 14.2. The van der Waals surface area contributed by atoms with E-state index >= 15 is 0 Å². The summed E-state index contributed by atoms with van der Waals surface area (Å²) in [5, 5.41) is 3.39. The van der Waals surface area contributed by atoms with E-state index in [9.17, 15) is 4.39 Å². The van der Waals surface area contributed by atoms with Crippen molar-refractivity contribution in [2.75, 3.05) is 25.0 Å². The SMILES string of the molecule is CCCCCN(C)c1cccc(F)c1C(C)NCCC. The molecule has 0 aliphatic heterocycles. The van der Waals surface area contributed by atoms with Gasteiger partial charge in [-0.15, -0.1) is 0 Å². The number of benzene rings is 1. The molecular weight excluding hydrogens is 251 g/mol. The van der Waals surface area contributed by atoms with Gasteiger partial charge in [0, 0.05) is 30.9 Å². The molecule has 0 aliphatic rings. The van der Waals surface area contributed by atoms with Crippen LogP contribution < -0.4 is 10.2 Å². The van der Waals surface area contributed by atoms with Crippen LogP contribution in [0.3, 0.4) is 0 Å². The van der Waals surface area contributed by atoms with Gasteiger partial charge in [-0.05, 0) is 38.4 Å². The molecule has 0 heterocycles. The first-order chi connectivity index (χ1) is 9.61. The van der Waals surface area contributed by atoms with Gasteiger partial charge in [0.15, 0.2) is 0 Å². The molecular formula is C17H29FN2. The highest BCUT2D eigenvalue weighted by molar-refractivity contribution is 5.55. The Kier molecular flexibility index (Phi) is 7.60. The van der Waals surface area contributed by atoms with Crippen LogP contribution in [0.1, 0.15) is 58.1 Å². The number of halogens is 1. The molecule has 1 aromatic carbocycles. The number of nitrogens with one attached hydrogen (secondary N) is 1. The summed E-state index contributed by atoms with van der Waals surface area (Å²) in [5.74, 6) is -0.110. The Morgan fingerprint density at radius 1 is 1.20 bits per heavy atom. The van der Waals surface area contributed by atoms with Gasteiger partial charge in [-0.25, -0.2) is 4.39 Å². The van der Waals surface area contributed by atoms with Gasteiger partial charge < -0.3 is 10.2 Å². The fourth-order valence-electron chi connectivity index (χ4n) is 2.47. The molecule has 2 nitrogen and oxygen atoms in total. The van der Waals surface area contributed by atoms with E-state index in [1.54, 1.807) is 12.1 Å². The van der Waals surface area contributed by atoms with Crippen molar-refractivity contribution in [3.8, 4) is 0 Å². The quantitative estimate of drug-likeness (QED) is 0.669. The first kappa shape index (κ1) is 17.0. The molecule has 1 atom stereocenters. The van der Waals surface area contributed by atoms with Gasteiger partial charge in [-0.3, -0.25) is 0 Å². The predicted octanol–water partition coefficient (Wildman–Crippen LogP) is 4.51. The van der Waals surface area contributed by atoms with Gasteiger partial charge >= 0.3 is 0 Å². The van der Waals surface area contributed by atoms with Crippen molar-refractivity contribution in [3.63, 3.8) is 0 Å². The van der Waals surface area contributed by atoms with Crippen LogP contribution in [0.2, 0.25) is 0 Å². The number of unbranched alkanes of at least 4 members (excludes halogenated alkanes) is 2. The summed E-state index contributed by atoms with van der Waals surface area (Å²) in [4.78, 5) is 2.18. The van der Waals surface area contributed by atoms with Crippen molar-refractivity contribution in [1.82, 2.24) is 5.32 Å². The van der Waals surface area contributed by atoms with Crippen molar-refractivity contribution >= 4 is 5.69 Å². The van der Waals surface area contributed by atoms with Gasteiger partial charge in [0.2, 0.25) is 0 Å². The third kappa shape index (κ3) is 4.78. The minimum atomic E-state index is -0.110. The molecule has 0 spiro atoms. The number of hydrogen-bond donors (Lipinski definition) is 1. The molecule has 0 fully saturated rings. The Balaban J connectivity index is 2.86. The average Bonchev–Trinajstić information content (AvgIpc) is 2.44. The highest BCUT2D eigenvalue weighted by Gasteiger charge is 2.17. The normalized spacial score (nSPS) is 12.4. The van der Waals surface area contributed by atoms with Gasteiger partial charge in [-0.2, -0.15) is 0 Å². The van der Waals surface area contributed by atoms with Crippen LogP contribution in [0.25, 0.3) is 0 Å². The minimum absolute atomic E-state index is 0.0415. The Labute approximate surface area is 123 Å². The molecule has 0 bridgehead atoms. The Hall–Kier alpha value is -1.09. The van der Waals surface area contributed by atoms with Crippen molar-refractivity contribution in [3.05, 3.63) is 29.6 Å². The third-order valence-corrected chi connectivity index (χ3v) is 3.67. The maximum Gasteiger partial charge on any atom is 0.130 e. The summed E-state index contributed by atoms with van der Waals surface area (Å²) >= 11 is 0. The molecule has 1 unspecified atom stereocenters. The van der Waals surface area contributed by atoms with E-state index in [2.05, 4.69) is 31.1 Å². The smallest absolute Gasteiger partial charge is 0.130 e. The molecule has 0 radical (unpaired) electrons. The monoisotopic (exact) mass is 280 g/mol. The van der Waals surface area contributed by atoms with Crippen molar-refractivity contribution in [2.24, 2.45) is 0 Å². The number of hydrogen-bond acceptors (Lipinski definition) is 2. The van der Waals surface area contributed by atoms with Crippen LogP contribution in [0.4, 0.5) is 10.1 Å². The standard InChI is InChI=1S/C17H29FN2/c1-5-7-8-13-20(4)16-11-9-10-15(18)17(16)14(3)19-12-6-2/h9-11,14,19H,5-8,12-13H2,1-4H3. The summed E-state index contributed by atoms with van der Waals surface area (Å²) in [6, 6.07) is 5.42. The lowest BCUT2D eigenvalue weighted by Gasteiger charge is -2.26. The van der Waals surface area contributed by atoms with Crippen LogP contribution >= 0.6 is 0 Å². The van der Waals surface area contributed by atoms with E-state index in [0.29, 0.717) is 0 Å². The first-order valence-electron chi connectivity index (χ1n) is 7.84. The second kappa shape index (κ2) is 8.96. The minimum Gasteiger partial charge on any atom is -0.374 e. The number of nitrogens with zero attached hydrogens (tertiary/aromatic N) is 1. The van der Waals surface area contributed by atoms with E-state index in [4.69, 9.17) is 0 Å². The van der Waals surface area contributed by atoms with E-state index in [1.807, 2.05) is 13.0 Å². The van der Waals surface area contributed by atoms with E-state index < -0.39 is 0 Å². The fourth-order valence-corrected chi connectivity index (χ4v) is 2.47. The Morgan fingerprint density at radius 2 is 1.95 bits per heavy atom. The van der Waals surface area contributed by atoms with Gasteiger partial charge in [-0.1, -0.05) is 32.8 Å². The molecule has 1 aromatic rings. The molecule has 0 saturated carbocycles. The first-order valence-corrected chi connectivity index (χ1v) is 7.84. The molecule has 0 amide bonds. The fraction of sp³-hybridized carbons (Fsp3) is 0.647. The van der Waals surface area contributed by atoms with Crippen LogP contribution in [0.5, 0.6) is 0 Å². The summed E-state index contributed by atoms with van der Waals surface area (Å²) in [7, 11) is 2.06.